The van der Waals surface area contributed by atoms with E-state index in [2.05, 4.69) is 6.92 Å². The molecular weight excluding hydrogens is 184 g/mol. The number of ether oxygens (including phenoxy) is 4. The van der Waals surface area contributed by atoms with Crippen LogP contribution >= 0.6 is 0 Å². The molecule has 5 unspecified atom stereocenters. The van der Waals surface area contributed by atoms with Crippen LogP contribution in [0.1, 0.15) is 13.8 Å². The Morgan fingerprint density at radius 3 is 2.50 bits per heavy atom. The van der Waals surface area contributed by atoms with Gasteiger partial charge >= 0.3 is 0 Å². The van der Waals surface area contributed by atoms with Gasteiger partial charge in [-0.15, -0.1) is 0 Å². The summed E-state index contributed by atoms with van der Waals surface area (Å²) in [5, 5.41) is 0. The van der Waals surface area contributed by atoms with Crippen LogP contribution in [-0.2, 0) is 18.9 Å². The van der Waals surface area contributed by atoms with Crippen molar-refractivity contribution in [3.8, 4) is 0 Å². The first-order valence-electron chi connectivity index (χ1n) is 5.03. The maximum atomic E-state index is 5.87. The number of hydrogen-bond donors (Lipinski definition) is 0. The van der Waals surface area contributed by atoms with Gasteiger partial charge in [-0.1, -0.05) is 6.92 Å². The summed E-state index contributed by atoms with van der Waals surface area (Å²) in [5.74, 6) is -0.421. The van der Waals surface area contributed by atoms with E-state index in [9.17, 15) is 0 Å². The van der Waals surface area contributed by atoms with Crippen molar-refractivity contribution in [3.63, 3.8) is 0 Å². The highest BCUT2D eigenvalue weighted by Gasteiger charge is 2.61. The molecule has 0 saturated carbocycles. The van der Waals surface area contributed by atoms with Gasteiger partial charge in [0.1, 0.15) is 12.2 Å². The monoisotopic (exact) mass is 202 g/mol. The van der Waals surface area contributed by atoms with Crippen LogP contribution in [0.15, 0.2) is 0 Å². The van der Waals surface area contributed by atoms with E-state index in [4.69, 9.17) is 18.9 Å². The number of rotatable bonds is 2. The third-order valence-electron chi connectivity index (χ3n) is 3.33. The predicted molar refractivity (Wildman–Crippen MR) is 50.0 cm³/mol. The number of fused-ring (bicyclic) bond motifs is 2. The highest BCUT2D eigenvalue weighted by molar-refractivity contribution is 5.02. The zero-order valence-electron chi connectivity index (χ0n) is 9.15. The molecule has 0 aromatic heterocycles. The second kappa shape index (κ2) is 3.45. The van der Waals surface area contributed by atoms with Gasteiger partial charge < -0.3 is 18.9 Å². The number of hydrogen-bond acceptors (Lipinski definition) is 4. The molecule has 2 fully saturated rings. The SMILES string of the molecule is COC1C2OCC(C)C1(OC)OC2C. The average Bonchev–Trinajstić information content (AvgIpc) is 2.41. The molecule has 0 aromatic carbocycles. The zero-order chi connectivity index (χ0) is 10.3. The van der Waals surface area contributed by atoms with Gasteiger partial charge in [-0.3, -0.25) is 0 Å². The normalized spacial score (nSPS) is 52.3. The highest BCUT2D eigenvalue weighted by atomic mass is 16.7. The van der Waals surface area contributed by atoms with Gasteiger partial charge in [-0.05, 0) is 6.92 Å². The van der Waals surface area contributed by atoms with Crippen molar-refractivity contribution in [1.82, 2.24) is 0 Å². The summed E-state index contributed by atoms with van der Waals surface area (Å²) in [5.41, 5.74) is 0. The fourth-order valence-electron chi connectivity index (χ4n) is 2.55. The molecule has 0 radical (unpaired) electrons. The highest BCUT2D eigenvalue weighted by Crippen LogP contribution is 2.44. The molecule has 0 spiro atoms. The lowest BCUT2D eigenvalue weighted by Crippen LogP contribution is -2.56. The Morgan fingerprint density at radius 2 is 2.00 bits per heavy atom. The van der Waals surface area contributed by atoms with E-state index in [1.807, 2.05) is 6.92 Å². The second-order valence-corrected chi connectivity index (χ2v) is 4.10. The molecule has 0 N–H and O–H groups in total. The molecule has 4 nitrogen and oxygen atoms in total. The van der Waals surface area contributed by atoms with Crippen LogP contribution in [0.25, 0.3) is 0 Å². The first kappa shape index (κ1) is 10.4. The molecule has 2 saturated heterocycles. The minimum absolute atomic E-state index is 0.00356. The first-order chi connectivity index (χ1) is 6.65. The Bertz CT molecular complexity index is 220. The molecule has 0 amide bonds. The van der Waals surface area contributed by atoms with E-state index < -0.39 is 5.79 Å². The maximum absolute atomic E-state index is 5.87. The van der Waals surface area contributed by atoms with Crippen LogP contribution in [0.2, 0.25) is 0 Å². The fourth-order valence-corrected chi connectivity index (χ4v) is 2.55. The van der Waals surface area contributed by atoms with E-state index in [0.717, 1.165) is 0 Å². The molecule has 2 bridgehead atoms. The molecular formula is C10H18O4. The van der Waals surface area contributed by atoms with Crippen molar-refractivity contribution in [2.24, 2.45) is 5.92 Å². The van der Waals surface area contributed by atoms with E-state index in [1.54, 1.807) is 14.2 Å². The van der Waals surface area contributed by atoms with Crippen LogP contribution in [0, 0.1) is 5.92 Å². The molecule has 5 atom stereocenters. The van der Waals surface area contributed by atoms with Gasteiger partial charge in [0.05, 0.1) is 12.7 Å². The zero-order valence-corrected chi connectivity index (χ0v) is 9.15. The predicted octanol–water partition coefficient (Wildman–Crippen LogP) is 0.798. The van der Waals surface area contributed by atoms with Gasteiger partial charge in [-0.25, -0.2) is 0 Å². The number of methoxy groups -OCH3 is 2. The van der Waals surface area contributed by atoms with Crippen LogP contribution in [-0.4, -0.2) is 44.9 Å². The van der Waals surface area contributed by atoms with E-state index in [1.165, 1.54) is 0 Å². The summed E-state index contributed by atoms with van der Waals surface area (Å²) < 4.78 is 22.5. The van der Waals surface area contributed by atoms with Gasteiger partial charge in [0.25, 0.3) is 0 Å². The lowest BCUT2D eigenvalue weighted by atomic mass is 9.91. The van der Waals surface area contributed by atoms with Gasteiger partial charge in [0, 0.05) is 20.1 Å². The molecule has 2 heterocycles. The summed E-state index contributed by atoms with van der Waals surface area (Å²) in [6.07, 6.45) is -0.0905. The van der Waals surface area contributed by atoms with Crippen molar-refractivity contribution in [2.45, 2.75) is 37.9 Å². The molecule has 2 aliphatic rings. The Morgan fingerprint density at radius 1 is 1.29 bits per heavy atom. The first-order valence-corrected chi connectivity index (χ1v) is 5.03. The molecule has 4 heteroatoms. The summed E-state index contributed by atoms with van der Waals surface area (Å²) in [6, 6.07) is 0. The molecule has 14 heavy (non-hydrogen) atoms. The summed E-state index contributed by atoms with van der Waals surface area (Å²) in [4.78, 5) is 0. The van der Waals surface area contributed by atoms with E-state index in [-0.39, 0.29) is 24.2 Å². The third-order valence-corrected chi connectivity index (χ3v) is 3.33. The van der Waals surface area contributed by atoms with Gasteiger partial charge in [0.2, 0.25) is 5.79 Å². The lowest BCUT2D eigenvalue weighted by molar-refractivity contribution is -0.291. The van der Waals surface area contributed by atoms with Crippen LogP contribution in [0.3, 0.4) is 0 Å². The van der Waals surface area contributed by atoms with Gasteiger partial charge in [-0.2, -0.15) is 0 Å². The molecule has 2 aliphatic heterocycles. The Balaban J connectivity index is 2.31. The van der Waals surface area contributed by atoms with Crippen molar-refractivity contribution in [2.75, 3.05) is 20.8 Å². The maximum Gasteiger partial charge on any atom is 0.202 e. The van der Waals surface area contributed by atoms with Gasteiger partial charge in [0.15, 0.2) is 0 Å². The Hall–Kier alpha value is -0.160. The standard InChI is InChI=1S/C10H18O4/c1-6-5-13-8-7(2)14-10(6,12-4)9(8)11-3/h6-9H,5H2,1-4H3. The third kappa shape index (κ3) is 1.15. The Labute approximate surface area is 84.5 Å². The smallest absolute Gasteiger partial charge is 0.202 e. The quantitative estimate of drug-likeness (QED) is 0.663. The van der Waals surface area contributed by atoms with E-state index >= 15 is 0 Å². The minimum atomic E-state index is -0.614. The second-order valence-electron chi connectivity index (χ2n) is 4.10. The van der Waals surface area contributed by atoms with Crippen molar-refractivity contribution < 1.29 is 18.9 Å². The minimum Gasteiger partial charge on any atom is -0.373 e. The molecule has 0 aromatic rings. The summed E-state index contributed by atoms with van der Waals surface area (Å²) >= 11 is 0. The van der Waals surface area contributed by atoms with Crippen LogP contribution in [0.5, 0.6) is 0 Å². The van der Waals surface area contributed by atoms with E-state index in [0.29, 0.717) is 6.61 Å². The van der Waals surface area contributed by atoms with Crippen molar-refractivity contribution in [3.05, 3.63) is 0 Å². The van der Waals surface area contributed by atoms with Crippen LogP contribution in [0.4, 0.5) is 0 Å². The molecule has 82 valence electrons. The lowest BCUT2D eigenvalue weighted by Gasteiger charge is -2.41. The van der Waals surface area contributed by atoms with Crippen molar-refractivity contribution in [1.29, 1.82) is 0 Å². The van der Waals surface area contributed by atoms with Crippen molar-refractivity contribution >= 4 is 0 Å². The topological polar surface area (TPSA) is 36.9 Å². The average molecular weight is 202 g/mol. The molecule has 0 aliphatic carbocycles. The van der Waals surface area contributed by atoms with Crippen LogP contribution < -0.4 is 0 Å². The largest absolute Gasteiger partial charge is 0.373 e. The Kier molecular flexibility index (Phi) is 2.55. The summed E-state index contributed by atoms with van der Waals surface area (Å²) in [7, 11) is 3.34. The molecule has 2 rings (SSSR count). The summed E-state index contributed by atoms with van der Waals surface area (Å²) in [6.45, 7) is 4.72. The fraction of sp³-hybridized carbons (Fsp3) is 1.00.